The largest absolute Gasteiger partial charge is 0.491 e. The van der Waals surface area contributed by atoms with Gasteiger partial charge in [-0.05, 0) is 56.9 Å². The minimum absolute atomic E-state index is 0.292. The van der Waals surface area contributed by atoms with Crippen molar-refractivity contribution in [1.29, 1.82) is 0 Å². The van der Waals surface area contributed by atoms with E-state index in [4.69, 9.17) is 18.9 Å². The Morgan fingerprint density at radius 2 is 1.18 bits per heavy atom. The van der Waals surface area contributed by atoms with Crippen LogP contribution in [0.1, 0.15) is 31.9 Å². The molecule has 0 aliphatic rings. The van der Waals surface area contributed by atoms with Crippen LogP contribution in [-0.4, -0.2) is 79.9 Å². The molecule has 0 radical (unpaired) electrons. The average Bonchev–Trinajstić information content (AvgIpc) is 2.62. The third-order valence-electron chi connectivity index (χ3n) is 3.78. The molecule has 1 aromatic carbocycles. The Morgan fingerprint density at radius 1 is 0.679 bits per heavy atom. The normalized spacial score (nSPS) is 14.6. The number of aliphatic hydroxyl groups excluding tert-OH is 3. The Kier molecular flexibility index (Phi) is 13.1. The number of rotatable bonds is 16. The van der Waals surface area contributed by atoms with Gasteiger partial charge in [0.05, 0.1) is 58.0 Å². The molecule has 7 heteroatoms. The molecule has 0 aliphatic heterocycles. The summed E-state index contributed by atoms with van der Waals surface area (Å²) in [7, 11) is 0. The number of aliphatic hydroxyl groups is 3. The zero-order chi connectivity index (χ0) is 20.8. The van der Waals surface area contributed by atoms with Crippen LogP contribution in [0.5, 0.6) is 5.75 Å². The SMILES string of the molecule is CC(O)COCCOc1ccc(CCOCC(C)O)c(CCOCC(C)O)c1. The molecule has 162 valence electrons. The van der Waals surface area contributed by atoms with E-state index in [-0.39, 0.29) is 0 Å². The fourth-order valence-electron chi connectivity index (χ4n) is 2.51. The van der Waals surface area contributed by atoms with Gasteiger partial charge in [0, 0.05) is 0 Å². The molecule has 28 heavy (non-hydrogen) atoms. The second kappa shape index (κ2) is 14.7. The van der Waals surface area contributed by atoms with Crippen molar-refractivity contribution in [2.24, 2.45) is 0 Å². The first kappa shape index (κ1) is 24.8. The van der Waals surface area contributed by atoms with Gasteiger partial charge in [-0.25, -0.2) is 0 Å². The highest BCUT2D eigenvalue weighted by atomic mass is 16.5. The molecule has 0 saturated carbocycles. The molecule has 7 nitrogen and oxygen atoms in total. The van der Waals surface area contributed by atoms with Crippen LogP contribution in [0.2, 0.25) is 0 Å². The third kappa shape index (κ3) is 12.3. The van der Waals surface area contributed by atoms with E-state index < -0.39 is 18.3 Å². The monoisotopic (exact) mass is 400 g/mol. The lowest BCUT2D eigenvalue weighted by molar-refractivity contribution is 0.0328. The van der Waals surface area contributed by atoms with Crippen molar-refractivity contribution in [2.75, 3.05) is 46.2 Å². The Morgan fingerprint density at radius 3 is 1.71 bits per heavy atom. The molecule has 0 bridgehead atoms. The van der Waals surface area contributed by atoms with Gasteiger partial charge in [-0.3, -0.25) is 0 Å². The van der Waals surface area contributed by atoms with Crippen molar-refractivity contribution >= 4 is 0 Å². The zero-order valence-electron chi connectivity index (χ0n) is 17.3. The molecule has 3 atom stereocenters. The highest BCUT2D eigenvalue weighted by Gasteiger charge is 2.07. The fourth-order valence-corrected chi connectivity index (χ4v) is 2.51. The van der Waals surface area contributed by atoms with E-state index in [0.717, 1.165) is 23.3 Å². The van der Waals surface area contributed by atoms with Gasteiger partial charge in [-0.1, -0.05) is 6.07 Å². The van der Waals surface area contributed by atoms with Crippen LogP contribution < -0.4 is 4.74 Å². The number of ether oxygens (including phenoxy) is 4. The Balaban J connectivity index is 2.57. The smallest absolute Gasteiger partial charge is 0.119 e. The van der Waals surface area contributed by atoms with Gasteiger partial charge in [-0.15, -0.1) is 0 Å². The Bertz CT molecular complexity index is 517. The van der Waals surface area contributed by atoms with Crippen molar-refractivity contribution in [2.45, 2.75) is 51.9 Å². The maximum atomic E-state index is 9.30. The fraction of sp³-hybridized carbons (Fsp3) is 0.714. The average molecular weight is 401 g/mol. The molecule has 0 heterocycles. The molecule has 0 spiro atoms. The highest BCUT2D eigenvalue weighted by molar-refractivity contribution is 5.36. The number of benzene rings is 1. The molecule has 3 N–H and O–H groups in total. The maximum absolute atomic E-state index is 9.30. The first-order valence-corrected chi connectivity index (χ1v) is 9.90. The van der Waals surface area contributed by atoms with Gasteiger partial charge in [-0.2, -0.15) is 0 Å². The van der Waals surface area contributed by atoms with Gasteiger partial charge in [0.2, 0.25) is 0 Å². The molecule has 0 aromatic heterocycles. The van der Waals surface area contributed by atoms with Gasteiger partial charge >= 0.3 is 0 Å². The summed E-state index contributed by atoms with van der Waals surface area (Å²) in [6, 6.07) is 5.92. The van der Waals surface area contributed by atoms with Crippen molar-refractivity contribution in [3.63, 3.8) is 0 Å². The molecule has 0 fully saturated rings. The summed E-state index contributed by atoms with van der Waals surface area (Å²) >= 11 is 0. The summed E-state index contributed by atoms with van der Waals surface area (Å²) in [5.74, 6) is 0.750. The third-order valence-corrected chi connectivity index (χ3v) is 3.78. The first-order valence-electron chi connectivity index (χ1n) is 9.90. The van der Waals surface area contributed by atoms with Crippen LogP contribution in [0.15, 0.2) is 18.2 Å². The van der Waals surface area contributed by atoms with Crippen LogP contribution in [0, 0.1) is 0 Å². The summed E-state index contributed by atoms with van der Waals surface area (Å²) in [4.78, 5) is 0. The van der Waals surface area contributed by atoms with E-state index in [1.54, 1.807) is 20.8 Å². The first-order chi connectivity index (χ1) is 13.4. The van der Waals surface area contributed by atoms with Crippen molar-refractivity contribution in [3.05, 3.63) is 29.3 Å². The van der Waals surface area contributed by atoms with E-state index in [1.807, 2.05) is 18.2 Å². The quantitative estimate of drug-likeness (QED) is 0.360. The minimum Gasteiger partial charge on any atom is -0.491 e. The predicted molar refractivity (Wildman–Crippen MR) is 107 cm³/mol. The van der Waals surface area contributed by atoms with Crippen LogP contribution in [-0.2, 0) is 27.1 Å². The van der Waals surface area contributed by atoms with Crippen molar-refractivity contribution in [3.8, 4) is 5.75 Å². The van der Waals surface area contributed by atoms with Gasteiger partial charge in [0.15, 0.2) is 0 Å². The van der Waals surface area contributed by atoms with Crippen molar-refractivity contribution in [1.82, 2.24) is 0 Å². The van der Waals surface area contributed by atoms with Crippen molar-refractivity contribution < 1.29 is 34.3 Å². The Hall–Kier alpha value is -1.22. The maximum Gasteiger partial charge on any atom is 0.119 e. The van der Waals surface area contributed by atoms with Gasteiger partial charge < -0.3 is 34.3 Å². The van der Waals surface area contributed by atoms with Gasteiger partial charge in [0.1, 0.15) is 12.4 Å². The van der Waals surface area contributed by atoms with Gasteiger partial charge in [0.25, 0.3) is 0 Å². The van der Waals surface area contributed by atoms with Crippen LogP contribution in [0.4, 0.5) is 0 Å². The minimum atomic E-state index is -0.483. The summed E-state index contributed by atoms with van der Waals surface area (Å²) < 4.78 is 22.0. The van der Waals surface area contributed by atoms with E-state index in [2.05, 4.69) is 0 Å². The van der Waals surface area contributed by atoms with E-state index in [0.29, 0.717) is 52.7 Å². The Labute approximate surface area is 168 Å². The summed E-state index contributed by atoms with van der Waals surface area (Å²) in [5, 5.41) is 27.8. The highest BCUT2D eigenvalue weighted by Crippen LogP contribution is 2.20. The predicted octanol–water partition coefficient (Wildman–Crippen LogP) is 1.34. The summed E-state index contributed by atoms with van der Waals surface area (Å²) in [5.41, 5.74) is 2.25. The number of hydrogen-bond donors (Lipinski definition) is 3. The lowest BCUT2D eigenvalue weighted by Crippen LogP contribution is -2.15. The molecule has 0 amide bonds. The summed E-state index contributed by atoms with van der Waals surface area (Å²) in [6.07, 6.45) is -0.00175. The molecule has 1 aromatic rings. The molecule has 0 saturated heterocycles. The lowest BCUT2D eigenvalue weighted by atomic mass is 10.0. The molecule has 1 rings (SSSR count). The summed E-state index contributed by atoms with van der Waals surface area (Å²) in [6.45, 7) is 7.84. The molecule has 3 unspecified atom stereocenters. The van der Waals surface area contributed by atoms with Crippen LogP contribution in [0.3, 0.4) is 0 Å². The lowest BCUT2D eigenvalue weighted by Gasteiger charge is -2.14. The standard InChI is InChI=1S/C21H36O7/c1-16(22)13-25-8-6-19-4-5-21(28-11-10-27-15-18(3)24)12-20(19)7-9-26-14-17(2)23/h4-5,12,16-18,22-24H,6-11,13-15H2,1-3H3. The van der Waals surface area contributed by atoms with Crippen LogP contribution >= 0.6 is 0 Å². The molecular weight excluding hydrogens is 364 g/mol. The van der Waals surface area contributed by atoms with E-state index >= 15 is 0 Å². The molecular formula is C21H36O7. The van der Waals surface area contributed by atoms with E-state index in [1.165, 1.54) is 0 Å². The number of hydrogen-bond acceptors (Lipinski definition) is 7. The van der Waals surface area contributed by atoms with E-state index in [9.17, 15) is 15.3 Å². The zero-order valence-corrected chi connectivity index (χ0v) is 17.3. The second-order valence-electron chi connectivity index (χ2n) is 7.05. The topological polar surface area (TPSA) is 97.6 Å². The second-order valence-corrected chi connectivity index (χ2v) is 7.05. The molecule has 0 aliphatic carbocycles. The van der Waals surface area contributed by atoms with Crippen LogP contribution in [0.25, 0.3) is 0 Å².